The number of benzene rings is 1. The molecule has 3 aromatic rings. The maximum absolute atomic E-state index is 12.4. The molecule has 0 fully saturated rings. The molecule has 2 aromatic heterocycles. The van der Waals surface area contributed by atoms with Gasteiger partial charge >= 0.3 is 0 Å². The number of hydrogen-bond donors (Lipinski definition) is 1. The molecule has 1 unspecified atom stereocenters. The number of rotatable bonds is 4. The Morgan fingerprint density at radius 2 is 2.24 bits per heavy atom. The molecule has 0 spiro atoms. The van der Waals surface area contributed by atoms with Crippen LogP contribution in [0.2, 0.25) is 0 Å². The Balaban J connectivity index is 1.88. The van der Waals surface area contributed by atoms with E-state index in [2.05, 4.69) is 15.1 Å². The van der Waals surface area contributed by atoms with Crippen molar-refractivity contribution in [3.63, 3.8) is 0 Å². The summed E-state index contributed by atoms with van der Waals surface area (Å²) in [4.78, 5) is 8.37. The molecule has 3 rings (SSSR count). The highest BCUT2D eigenvalue weighted by Gasteiger charge is 2.17. The first-order valence-electron chi connectivity index (χ1n) is 6.47. The smallest absolute Gasteiger partial charge is 0.288 e. The van der Waals surface area contributed by atoms with Crippen LogP contribution >= 0.6 is 0 Å². The lowest BCUT2D eigenvalue weighted by Gasteiger charge is -2.07. The van der Waals surface area contributed by atoms with Crippen LogP contribution in [-0.4, -0.2) is 24.0 Å². The molecule has 0 amide bonds. The van der Waals surface area contributed by atoms with Gasteiger partial charge in [0.25, 0.3) is 5.22 Å². The fraction of sp³-hybridized carbons (Fsp3) is 0.308. The Bertz CT molecular complexity index is 808. The van der Waals surface area contributed by atoms with Crippen LogP contribution in [0.1, 0.15) is 25.7 Å². The van der Waals surface area contributed by atoms with Gasteiger partial charge in [-0.3, -0.25) is 0 Å². The molecule has 2 heterocycles. The second-order valence-electron chi connectivity index (χ2n) is 4.91. The van der Waals surface area contributed by atoms with E-state index in [0.29, 0.717) is 22.6 Å². The number of nitrogen functional groups attached to an aromatic ring is 1. The van der Waals surface area contributed by atoms with E-state index in [4.69, 9.17) is 10.2 Å². The summed E-state index contributed by atoms with van der Waals surface area (Å²) in [6, 6.07) is 5.29. The van der Waals surface area contributed by atoms with Gasteiger partial charge in [-0.05, 0) is 26.0 Å². The first-order valence-corrected chi connectivity index (χ1v) is 7.79. The van der Waals surface area contributed by atoms with Crippen LogP contribution < -0.4 is 5.73 Å². The van der Waals surface area contributed by atoms with Crippen molar-refractivity contribution in [3.8, 4) is 0 Å². The highest BCUT2D eigenvalue weighted by atomic mass is 32.2. The molecule has 0 bridgehead atoms. The Labute approximate surface area is 123 Å². The zero-order chi connectivity index (χ0) is 15.0. The van der Waals surface area contributed by atoms with E-state index in [1.54, 1.807) is 22.9 Å². The van der Waals surface area contributed by atoms with Crippen molar-refractivity contribution in [2.24, 2.45) is 0 Å². The highest BCUT2D eigenvalue weighted by Crippen LogP contribution is 2.21. The maximum atomic E-state index is 12.4. The second-order valence-corrected chi connectivity index (χ2v) is 6.24. The molecule has 1 atom stereocenters. The van der Waals surface area contributed by atoms with Gasteiger partial charge in [0.1, 0.15) is 28.5 Å². The van der Waals surface area contributed by atoms with Crippen molar-refractivity contribution in [3.05, 3.63) is 30.4 Å². The summed E-state index contributed by atoms with van der Waals surface area (Å²) in [6.07, 6.45) is 1.46. The standard InChI is InChI=1S/C13H15N5O2S/c1-8(2)18-12(15-7-16-18)6-21(19)13-17-10-4-3-9(14)5-11(10)20-13/h3-5,7-8H,6,14H2,1-2H3. The van der Waals surface area contributed by atoms with Gasteiger partial charge < -0.3 is 10.2 Å². The van der Waals surface area contributed by atoms with Crippen molar-refractivity contribution < 1.29 is 8.63 Å². The van der Waals surface area contributed by atoms with Gasteiger partial charge in [0.2, 0.25) is 0 Å². The van der Waals surface area contributed by atoms with Crippen LogP contribution in [-0.2, 0) is 16.6 Å². The van der Waals surface area contributed by atoms with Gasteiger partial charge in [0.15, 0.2) is 5.58 Å². The molecule has 7 nitrogen and oxygen atoms in total. The molecule has 110 valence electrons. The molecule has 0 saturated carbocycles. The van der Waals surface area contributed by atoms with Crippen LogP contribution in [0.3, 0.4) is 0 Å². The topological polar surface area (TPSA) is 99.8 Å². The van der Waals surface area contributed by atoms with Crippen LogP contribution in [0.5, 0.6) is 0 Å². The summed E-state index contributed by atoms with van der Waals surface area (Å²) in [5.41, 5.74) is 7.43. The van der Waals surface area contributed by atoms with Crippen LogP contribution in [0.25, 0.3) is 11.1 Å². The lowest BCUT2D eigenvalue weighted by atomic mass is 10.3. The van der Waals surface area contributed by atoms with Crippen LogP contribution in [0.15, 0.2) is 34.2 Å². The van der Waals surface area contributed by atoms with E-state index in [9.17, 15) is 4.21 Å². The van der Waals surface area contributed by atoms with Gasteiger partial charge in [-0.1, -0.05) is 0 Å². The molecule has 1 aromatic carbocycles. The molecule has 0 aliphatic carbocycles. The molecular weight excluding hydrogens is 290 g/mol. The number of hydrogen-bond acceptors (Lipinski definition) is 6. The van der Waals surface area contributed by atoms with Crippen LogP contribution in [0.4, 0.5) is 5.69 Å². The minimum atomic E-state index is -1.42. The summed E-state index contributed by atoms with van der Waals surface area (Å²) in [5.74, 6) is 0.852. The SMILES string of the molecule is CC(C)n1ncnc1CS(=O)c1nc2ccc(N)cc2o1. The van der Waals surface area contributed by atoms with E-state index < -0.39 is 10.8 Å². The van der Waals surface area contributed by atoms with Crippen molar-refractivity contribution in [1.29, 1.82) is 0 Å². The van der Waals surface area contributed by atoms with Gasteiger partial charge in [-0.2, -0.15) is 5.10 Å². The monoisotopic (exact) mass is 305 g/mol. The van der Waals surface area contributed by atoms with Crippen molar-refractivity contribution >= 4 is 27.6 Å². The normalized spacial score (nSPS) is 13.1. The van der Waals surface area contributed by atoms with Crippen LogP contribution in [0, 0.1) is 0 Å². The molecule has 21 heavy (non-hydrogen) atoms. The predicted molar refractivity (Wildman–Crippen MR) is 78.9 cm³/mol. The molecule has 0 saturated heterocycles. The summed E-state index contributed by atoms with van der Waals surface area (Å²) in [7, 11) is -1.42. The maximum Gasteiger partial charge on any atom is 0.288 e. The molecule has 0 radical (unpaired) electrons. The molecule has 8 heteroatoms. The van der Waals surface area contributed by atoms with Crippen molar-refractivity contribution in [1.82, 2.24) is 19.7 Å². The fourth-order valence-electron chi connectivity index (χ4n) is 2.01. The summed E-state index contributed by atoms with van der Waals surface area (Å²) < 4.78 is 19.6. The third kappa shape index (κ3) is 2.66. The predicted octanol–water partition coefficient (Wildman–Crippen LogP) is 1.89. The Morgan fingerprint density at radius 1 is 1.43 bits per heavy atom. The first kappa shape index (κ1) is 13.7. The minimum absolute atomic E-state index is 0.155. The summed E-state index contributed by atoms with van der Waals surface area (Å²) >= 11 is 0. The third-order valence-electron chi connectivity index (χ3n) is 2.98. The van der Waals surface area contributed by atoms with Crippen molar-refractivity contribution in [2.45, 2.75) is 30.9 Å². The van der Waals surface area contributed by atoms with E-state index >= 15 is 0 Å². The van der Waals surface area contributed by atoms with Gasteiger partial charge in [0, 0.05) is 17.8 Å². The largest absolute Gasteiger partial charge is 0.430 e. The fourth-order valence-corrected chi connectivity index (χ4v) is 2.95. The van der Waals surface area contributed by atoms with E-state index in [1.165, 1.54) is 6.33 Å². The van der Waals surface area contributed by atoms with Gasteiger partial charge in [-0.15, -0.1) is 0 Å². The average Bonchev–Trinajstić information content (AvgIpc) is 3.04. The molecule has 0 aliphatic heterocycles. The van der Waals surface area contributed by atoms with Crippen molar-refractivity contribution in [2.75, 3.05) is 5.73 Å². The number of fused-ring (bicyclic) bond motifs is 1. The average molecular weight is 305 g/mol. The van der Waals surface area contributed by atoms with E-state index in [1.807, 2.05) is 13.8 Å². The van der Waals surface area contributed by atoms with E-state index in [-0.39, 0.29) is 17.0 Å². The van der Waals surface area contributed by atoms with Gasteiger partial charge in [-0.25, -0.2) is 18.9 Å². The van der Waals surface area contributed by atoms with E-state index in [0.717, 1.165) is 0 Å². The Morgan fingerprint density at radius 3 is 3.00 bits per heavy atom. The molecular formula is C13H15N5O2S. The lowest BCUT2D eigenvalue weighted by Crippen LogP contribution is -2.10. The number of anilines is 1. The zero-order valence-corrected chi connectivity index (χ0v) is 12.5. The Kier molecular flexibility index (Phi) is 3.46. The third-order valence-corrected chi connectivity index (χ3v) is 4.07. The first-order chi connectivity index (χ1) is 10.0. The quantitative estimate of drug-likeness (QED) is 0.739. The lowest BCUT2D eigenvalue weighted by molar-refractivity contribution is 0.475. The van der Waals surface area contributed by atoms with Gasteiger partial charge in [0.05, 0.1) is 5.75 Å². The highest BCUT2D eigenvalue weighted by molar-refractivity contribution is 7.84. The summed E-state index contributed by atoms with van der Waals surface area (Å²) in [6.45, 7) is 3.98. The number of oxazole rings is 1. The summed E-state index contributed by atoms with van der Waals surface area (Å²) in [5, 5.41) is 4.30. The Hall–Kier alpha value is -2.22. The zero-order valence-electron chi connectivity index (χ0n) is 11.7. The number of nitrogens with zero attached hydrogens (tertiary/aromatic N) is 4. The molecule has 2 N–H and O–H groups in total. The number of aromatic nitrogens is 4. The second kappa shape index (κ2) is 5.28. The minimum Gasteiger partial charge on any atom is -0.430 e. The number of nitrogens with two attached hydrogens (primary N) is 1. The molecule has 0 aliphatic rings.